The van der Waals surface area contributed by atoms with E-state index in [1.165, 1.54) is 19.3 Å². The summed E-state index contributed by atoms with van der Waals surface area (Å²) in [6.45, 7) is 0.798. The lowest BCUT2D eigenvalue weighted by Gasteiger charge is -2.11. The molecule has 1 saturated carbocycles. The summed E-state index contributed by atoms with van der Waals surface area (Å²) in [6, 6.07) is 7.69. The van der Waals surface area contributed by atoms with Crippen LogP contribution in [0.25, 0.3) is 0 Å². The van der Waals surface area contributed by atoms with Crippen LogP contribution in [0.1, 0.15) is 29.6 Å². The van der Waals surface area contributed by atoms with E-state index in [4.69, 9.17) is 0 Å². The van der Waals surface area contributed by atoms with Crippen LogP contribution in [0, 0.1) is 9.49 Å². The predicted molar refractivity (Wildman–Crippen MR) is 81.5 cm³/mol. The average molecular weight is 408 g/mol. The van der Waals surface area contributed by atoms with Gasteiger partial charge in [-0.3, -0.25) is 4.79 Å². The largest absolute Gasteiger partial charge is 0.352 e. The minimum atomic E-state index is 0.0491. The molecular weight excluding hydrogens is 393 g/mol. The Morgan fingerprint density at radius 3 is 2.82 bits per heavy atom. The zero-order valence-corrected chi connectivity index (χ0v) is 13.2. The van der Waals surface area contributed by atoms with Gasteiger partial charge in [0.1, 0.15) is 0 Å². The third kappa shape index (κ3) is 3.68. The molecule has 0 aliphatic heterocycles. The number of alkyl halides is 1. The fourth-order valence-corrected chi connectivity index (χ4v) is 3.60. The summed E-state index contributed by atoms with van der Waals surface area (Å²) in [5, 5.41) is 3.04. The first-order valence-electron chi connectivity index (χ1n) is 5.83. The second-order valence-electron chi connectivity index (χ2n) is 4.47. The highest BCUT2D eigenvalue weighted by Crippen LogP contribution is 2.30. The van der Waals surface area contributed by atoms with E-state index < -0.39 is 0 Å². The summed E-state index contributed by atoms with van der Waals surface area (Å²) >= 11 is 5.83. The molecule has 0 spiro atoms. The van der Waals surface area contributed by atoms with Crippen molar-refractivity contribution in [1.82, 2.24) is 5.32 Å². The quantitative estimate of drug-likeness (QED) is 0.602. The van der Waals surface area contributed by atoms with E-state index >= 15 is 0 Å². The van der Waals surface area contributed by atoms with Crippen LogP contribution in [0.15, 0.2) is 24.3 Å². The van der Waals surface area contributed by atoms with Crippen molar-refractivity contribution in [3.05, 3.63) is 33.4 Å². The van der Waals surface area contributed by atoms with Crippen molar-refractivity contribution < 1.29 is 4.79 Å². The maximum Gasteiger partial charge on any atom is 0.252 e. The Morgan fingerprint density at radius 2 is 2.18 bits per heavy atom. The Hall–Kier alpha value is -0.100. The van der Waals surface area contributed by atoms with Crippen LogP contribution in [0.2, 0.25) is 0 Å². The van der Waals surface area contributed by atoms with E-state index in [0.717, 1.165) is 15.7 Å². The second-order valence-corrected chi connectivity index (χ2v) is 6.92. The number of carbonyl (C=O) groups is 1. The SMILES string of the molecule is O=C(NCC1CCC(Br)C1)c1ccccc1I. The van der Waals surface area contributed by atoms with Crippen molar-refractivity contribution in [3.8, 4) is 0 Å². The van der Waals surface area contributed by atoms with Gasteiger partial charge in [-0.2, -0.15) is 0 Å². The van der Waals surface area contributed by atoms with E-state index in [0.29, 0.717) is 10.7 Å². The van der Waals surface area contributed by atoms with Crippen LogP contribution in [0.5, 0.6) is 0 Å². The third-order valence-electron chi connectivity index (χ3n) is 3.15. The number of benzene rings is 1. The first kappa shape index (κ1) is 13.3. The summed E-state index contributed by atoms with van der Waals surface area (Å²) in [6.07, 6.45) is 3.61. The molecule has 0 heterocycles. The highest BCUT2D eigenvalue weighted by atomic mass is 127. The molecule has 2 unspecified atom stereocenters. The maximum atomic E-state index is 12.0. The van der Waals surface area contributed by atoms with Crippen LogP contribution >= 0.6 is 38.5 Å². The molecule has 1 fully saturated rings. The summed E-state index contributed by atoms with van der Waals surface area (Å²) in [7, 11) is 0. The van der Waals surface area contributed by atoms with Crippen molar-refractivity contribution in [2.24, 2.45) is 5.92 Å². The van der Waals surface area contributed by atoms with Gasteiger partial charge >= 0.3 is 0 Å². The first-order valence-corrected chi connectivity index (χ1v) is 7.83. The normalized spacial score (nSPS) is 23.6. The number of hydrogen-bond donors (Lipinski definition) is 1. The second kappa shape index (κ2) is 6.18. The standard InChI is InChI=1S/C13H15BrINO/c14-10-6-5-9(7-10)8-16-13(17)11-3-1-2-4-12(11)15/h1-4,9-10H,5-8H2,(H,16,17). The van der Waals surface area contributed by atoms with Gasteiger partial charge in [0.05, 0.1) is 5.56 Å². The minimum absolute atomic E-state index is 0.0491. The molecule has 92 valence electrons. The smallest absolute Gasteiger partial charge is 0.252 e. The molecule has 1 aliphatic carbocycles. The topological polar surface area (TPSA) is 29.1 Å². The van der Waals surface area contributed by atoms with E-state index in [9.17, 15) is 4.79 Å². The van der Waals surface area contributed by atoms with Crippen molar-refractivity contribution in [2.45, 2.75) is 24.1 Å². The molecule has 0 bridgehead atoms. The lowest BCUT2D eigenvalue weighted by molar-refractivity contribution is 0.0946. The van der Waals surface area contributed by atoms with Gasteiger partial charge in [0.25, 0.3) is 5.91 Å². The number of halogens is 2. The fourth-order valence-electron chi connectivity index (χ4n) is 2.18. The monoisotopic (exact) mass is 407 g/mol. The molecule has 1 amide bonds. The fraction of sp³-hybridized carbons (Fsp3) is 0.462. The summed E-state index contributed by atoms with van der Waals surface area (Å²) in [5.74, 6) is 0.678. The van der Waals surface area contributed by atoms with Gasteiger partial charge in [0, 0.05) is 14.9 Å². The summed E-state index contributed by atoms with van der Waals surface area (Å²) < 4.78 is 1.01. The molecule has 1 N–H and O–H groups in total. The lowest BCUT2D eigenvalue weighted by atomic mass is 10.1. The Morgan fingerprint density at radius 1 is 1.41 bits per heavy atom. The van der Waals surface area contributed by atoms with Crippen molar-refractivity contribution >= 4 is 44.4 Å². The molecule has 4 heteroatoms. The van der Waals surface area contributed by atoms with Gasteiger partial charge in [-0.1, -0.05) is 28.1 Å². The number of nitrogens with one attached hydrogen (secondary N) is 1. The molecule has 1 aromatic carbocycles. The summed E-state index contributed by atoms with van der Waals surface area (Å²) in [5.41, 5.74) is 0.779. The Balaban J connectivity index is 1.88. The Kier molecular flexibility index (Phi) is 4.85. The molecule has 2 rings (SSSR count). The van der Waals surface area contributed by atoms with Gasteiger partial charge in [-0.05, 0) is 59.9 Å². The van der Waals surface area contributed by atoms with E-state index in [1.807, 2.05) is 24.3 Å². The number of amides is 1. The third-order valence-corrected chi connectivity index (χ3v) is 4.92. The molecule has 1 aliphatic rings. The highest BCUT2D eigenvalue weighted by molar-refractivity contribution is 14.1. The van der Waals surface area contributed by atoms with Crippen molar-refractivity contribution in [1.29, 1.82) is 0 Å². The lowest BCUT2D eigenvalue weighted by Crippen LogP contribution is -2.29. The van der Waals surface area contributed by atoms with Crippen LogP contribution < -0.4 is 5.32 Å². The molecule has 1 aromatic rings. The molecule has 17 heavy (non-hydrogen) atoms. The maximum absolute atomic E-state index is 12.0. The number of rotatable bonds is 3. The predicted octanol–water partition coefficient (Wildman–Crippen LogP) is 3.58. The average Bonchev–Trinajstić information content (AvgIpc) is 2.73. The van der Waals surface area contributed by atoms with Gasteiger partial charge in [-0.25, -0.2) is 0 Å². The molecule has 2 atom stereocenters. The van der Waals surface area contributed by atoms with Gasteiger partial charge in [0.2, 0.25) is 0 Å². The highest BCUT2D eigenvalue weighted by Gasteiger charge is 2.23. The van der Waals surface area contributed by atoms with E-state index in [-0.39, 0.29) is 5.91 Å². The zero-order valence-electron chi connectivity index (χ0n) is 9.46. The van der Waals surface area contributed by atoms with Crippen molar-refractivity contribution in [2.75, 3.05) is 6.54 Å². The molecular formula is C13H15BrINO. The Bertz CT molecular complexity index is 410. The number of carbonyl (C=O) groups excluding carboxylic acids is 1. The van der Waals surface area contributed by atoms with E-state index in [1.54, 1.807) is 0 Å². The van der Waals surface area contributed by atoms with Gasteiger partial charge < -0.3 is 5.32 Å². The van der Waals surface area contributed by atoms with Gasteiger partial charge in [0.15, 0.2) is 0 Å². The van der Waals surface area contributed by atoms with Crippen molar-refractivity contribution in [3.63, 3.8) is 0 Å². The Labute approximate surface area is 124 Å². The molecule has 0 aromatic heterocycles. The first-order chi connectivity index (χ1) is 8.16. The van der Waals surface area contributed by atoms with E-state index in [2.05, 4.69) is 43.8 Å². The van der Waals surface area contributed by atoms with Gasteiger partial charge in [-0.15, -0.1) is 0 Å². The minimum Gasteiger partial charge on any atom is -0.352 e. The van der Waals surface area contributed by atoms with Crippen LogP contribution in [-0.4, -0.2) is 17.3 Å². The van der Waals surface area contributed by atoms with Crippen LogP contribution in [0.3, 0.4) is 0 Å². The van der Waals surface area contributed by atoms with Crippen LogP contribution in [0.4, 0.5) is 0 Å². The molecule has 2 nitrogen and oxygen atoms in total. The molecule has 0 saturated heterocycles. The molecule has 0 radical (unpaired) electrons. The zero-order chi connectivity index (χ0) is 12.3. The number of hydrogen-bond acceptors (Lipinski definition) is 1. The summed E-state index contributed by atoms with van der Waals surface area (Å²) in [4.78, 5) is 12.6. The van der Waals surface area contributed by atoms with Crippen LogP contribution in [-0.2, 0) is 0 Å².